The van der Waals surface area contributed by atoms with Crippen molar-refractivity contribution in [3.8, 4) is 0 Å². The smallest absolute Gasteiger partial charge is 0.280 e. The normalized spacial score (nSPS) is 16.7. The van der Waals surface area contributed by atoms with Crippen molar-refractivity contribution in [1.29, 1.82) is 0 Å². The summed E-state index contributed by atoms with van der Waals surface area (Å²) in [6.07, 6.45) is 5.63. The molecule has 0 amide bonds. The Labute approximate surface area is 234 Å². The van der Waals surface area contributed by atoms with Crippen LogP contribution < -0.4 is 19.6 Å². The molecule has 2 heterocycles. The van der Waals surface area contributed by atoms with Crippen molar-refractivity contribution in [2.75, 3.05) is 19.6 Å². The summed E-state index contributed by atoms with van der Waals surface area (Å²) in [5.41, 5.74) is 9.24. The minimum atomic E-state index is -0.826. The van der Waals surface area contributed by atoms with Gasteiger partial charge in [-0.15, -0.1) is 0 Å². The molecule has 0 N–H and O–H groups in total. The first-order valence-electron chi connectivity index (χ1n) is 13.8. The summed E-state index contributed by atoms with van der Waals surface area (Å²) in [6.45, 7) is 0. The zero-order valence-corrected chi connectivity index (χ0v) is 22.0. The van der Waals surface area contributed by atoms with Crippen LogP contribution in [0.15, 0.2) is 169 Å². The van der Waals surface area contributed by atoms with Gasteiger partial charge in [-0.2, -0.15) is 0 Å². The fraction of sp³-hybridized carbons (Fsp3) is 0.0556. The molecular formula is C36H28N4. The number of para-hydroxylation sites is 6. The number of anilines is 6. The molecule has 2 aliphatic heterocycles. The molecule has 4 heteroatoms. The summed E-state index contributed by atoms with van der Waals surface area (Å²) in [4.78, 5) is 10.1. The number of allylic oxidation sites excluding steroid dienone is 2. The number of rotatable bonds is 4. The maximum absolute atomic E-state index is 2.53. The Bertz CT molecular complexity index is 1600. The largest absolute Gasteiger partial charge is 0.295 e. The van der Waals surface area contributed by atoms with Crippen molar-refractivity contribution in [2.45, 2.75) is 12.3 Å². The summed E-state index contributed by atoms with van der Waals surface area (Å²) in [5.74, 6) is -0.826. The molecule has 8 rings (SSSR count). The lowest BCUT2D eigenvalue weighted by Gasteiger charge is -2.52. The Hall–Kier alpha value is -5.22. The molecule has 0 saturated carbocycles. The maximum atomic E-state index is 2.53. The number of hydrogen-bond donors (Lipinski definition) is 0. The Morgan fingerprint density at radius 1 is 0.350 bits per heavy atom. The Balaban J connectivity index is 1.55. The van der Waals surface area contributed by atoms with Gasteiger partial charge in [-0.3, -0.25) is 19.6 Å². The van der Waals surface area contributed by atoms with Gasteiger partial charge in [-0.1, -0.05) is 97.1 Å². The van der Waals surface area contributed by atoms with E-state index in [4.69, 9.17) is 0 Å². The van der Waals surface area contributed by atoms with Gasteiger partial charge in [0, 0.05) is 22.7 Å². The fourth-order valence-electron chi connectivity index (χ4n) is 6.55. The molecule has 192 valence electrons. The van der Waals surface area contributed by atoms with E-state index in [1.54, 1.807) is 0 Å². The second-order valence-electron chi connectivity index (χ2n) is 10.2. The molecule has 5 aromatic carbocycles. The third-order valence-electron chi connectivity index (χ3n) is 7.99. The molecule has 0 aromatic heterocycles. The lowest BCUT2D eigenvalue weighted by Crippen LogP contribution is -2.70. The lowest BCUT2D eigenvalue weighted by molar-refractivity contribution is 0.474. The van der Waals surface area contributed by atoms with Crippen LogP contribution in [-0.4, -0.2) is 5.91 Å². The van der Waals surface area contributed by atoms with E-state index in [-0.39, 0.29) is 0 Å². The summed E-state index contributed by atoms with van der Waals surface area (Å²) < 4.78 is 0. The van der Waals surface area contributed by atoms with Gasteiger partial charge in [-0.25, -0.2) is 0 Å². The Kier molecular flexibility index (Phi) is 5.07. The van der Waals surface area contributed by atoms with Crippen LogP contribution in [0, 0.1) is 0 Å². The molecule has 4 nitrogen and oxygen atoms in total. The van der Waals surface area contributed by atoms with E-state index in [1.807, 2.05) is 0 Å². The quantitative estimate of drug-likeness (QED) is 0.237. The van der Waals surface area contributed by atoms with Gasteiger partial charge < -0.3 is 0 Å². The Morgan fingerprint density at radius 3 is 1.00 bits per heavy atom. The van der Waals surface area contributed by atoms with Gasteiger partial charge in [0.2, 0.25) is 0 Å². The molecule has 3 aliphatic rings. The van der Waals surface area contributed by atoms with Gasteiger partial charge in [0.1, 0.15) is 0 Å². The molecule has 1 aliphatic carbocycles. The zero-order valence-electron chi connectivity index (χ0n) is 22.0. The minimum absolute atomic E-state index is 0.826. The van der Waals surface area contributed by atoms with E-state index in [0.717, 1.165) is 40.5 Å². The SMILES string of the molecule is C1=C2C(=CC1)N(c1ccccc1)C1(N2c2ccccc2)N(c2ccccc2)c2ccccc2N1c1ccccc1. The summed E-state index contributed by atoms with van der Waals surface area (Å²) in [6, 6.07) is 52.0. The summed E-state index contributed by atoms with van der Waals surface area (Å²) in [7, 11) is 0. The number of hydrogen-bond acceptors (Lipinski definition) is 4. The highest BCUT2D eigenvalue weighted by Gasteiger charge is 2.66. The molecule has 1 fully saturated rings. The highest BCUT2D eigenvalue weighted by Crippen LogP contribution is 2.62. The van der Waals surface area contributed by atoms with Gasteiger partial charge in [0.25, 0.3) is 5.91 Å². The number of fused-ring (bicyclic) bond motifs is 2. The molecule has 1 saturated heterocycles. The van der Waals surface area contributed by atoms with Crippen molar-refractivity contribution >= 4 is 34.1 Å². The first-order valence-corrected chi connectivity index (χ1v) is 13.8. The van der Waals surface area contributed by atoms with Crippen LogP contribution in [0.5, 0.6) is 0 Å². The fourth-order valence-corrected chi connectivity index (χ4v) is 6.55. The van der Waals surface area contributed by atoms with E-state index in [0.29, 0.717) is 0 Å². The van der Waals surface area contributed by atoms with Crippen molar-refractivity contribution in [3.63, 3.8) is 0 Å². The average Bonchev–Trinajstić information content (AvgIpc) is 3.68. The van der Waals surface area contributed by atoms with Gasteiger partial charge >= 0.3 is 0 Å². The van der Waals surface area contributed by atoms with Crippen molar-refractivity contribution in [2.24, 2.45) is 0 Å². The Morgan fingerprint density at radius 2 is 0.650 bits per heavy atom. The van der Waals surface area contributed by atoms with E-state index in [9.17, 15) is 0 Å². The number of nitrogens with zero attached hydrogens (tertiary/aromatic N) is 4. The highest BCUT2D eigenvalue weighted by molar-refractivity contribution is 5.97. The van der Waals surface area contributed by atoms with Crippen LogP contribution in [0.1, 0.15) is 6.42 Å². The standard InChI is InChI=1S/C36H28N4/c1-5-16-28(17-6-1)37-32-24-13-14-25-33(32)38(29-18-7-2-8-19-29)36(37)39(30-20-9-3-10-21-30)34-26-15-27-35(34)40(36)31-22-11-4-12-23-31/h1-14,16-27H,15H2. The molecule has 0 bridgehead atoms. The van der Waals surface area contributed by atoms with Gasteiger partial charge in [0.05, 0.1) is 22.8 Å². The second kappa shape index (κ2) is 8.92. The molecule has 0 atom stereocenters. The molecular weight excluding hydrogens is 488 g/mol. The summed E-state index contributed by atoms with van der Waals surface area (Å²) >= 11 is 0. The summed E-state index contributed by atoms with van der Waals surface area (Å²) in [5, 5.41) is 0. The van der Waals surface area contributed by atoms with E-state index in [1.165, 1.54) is 11.4 Å². The van der Waals surface area contributed by atoms with Crippen LogP contribution in [0.4, 0.5) is 34.1 Å². The third kappa shape index (κ3) is 3.07. The number of benzene rings is 5. The van der Waals surface area contributed by atoms with Crippen LogP contribution >= 0.6 is 0 Å². The topological polar surface area (TPSA) is 13.0 Å². The second-order valence-corrected chi connectivity index (χ2v) is 10.2. The van der Waals surface area contributed by atoms with E-state index < -0.39 is 5.91 Å². The molecule has 5 aromatic rings. The zero-order chi connectivity index (χ0) is 26.5. The van der Waals surface area contributed by atoms with E-state index in [2.05, 4.69) is 177 Å². The van der Waals surface area contributed by atoms with Gasteiger partial charge in [-0.05, 0) is 67.1 Å². The molecule has 1 spiro atoms. The predicted octanol–water partition coefficient (Wildman–Crippen LogP) is 8.79. The first kappa shape index (κ1) is 22.7. The molecule has 0 unspecified atom stereocenters. The van der Waals surface area contributed by atoms with Crippen molar-refractivity contribution in [3.05, 3.63) is 169 Å². The van der Waals surface area contributed by atoms with Crippen molar-refractivity contribution < 1.29 is 0 Å². The minimum Gasteiger partial charge on any atom is -0.280 e. The van der Waals surface area contributed by atoms with Crippen LogP contribution in [0.25, 0.3) is 0 Å². The van der Waals surface area contributed by atoms with E-state index >= 15 is 0 Å². The monoisotopic (exact) mass is 516 g/mol. The first-order chi connectivity index (χ1) is 19.9. The molecule has 0 radical (unpaired) electrons. The predicted molar refractivity (Wildman–Crippen MR) is 165 cm³/mol. The molecule has 40 heavy (non-hydrogen) atoms. The van der Waals surface area contributed by atoms with Crippen LogP contribution in [0.2, 0.25) is 0 Å². The lowest BCUT2D eigenvalue weighted by atomic mass is 10.2. The average molecular weight is 517 g/mol. The van der Waals surface area contributed by atoms with Crippen molar-refractivity contribution in [1.82, 2.24) is 0 Å². The van der Waals surface area contributed by atoms with Crippen LogP contribution in [0.3, 0.4) is 0 Å². The highest BCUT2D eigenvalue weighted by atomic mass is 15.8. The maximum Gasteiger partial charge on any atom is 0.295 e. The van der Waals surface area contributed by atoms with Gasteiger partial charge in [0.15, 0.2) is 0 Å². The third-order valence-corrected chi connectivity index (χ3v) is 7.99. The van der Waals surface area contributed by atoms with Crippen LogP contribution in [-0.2, 0) is 0 Å².